The van der Waals surface area contributed by atoms with E-state index >= 15 is 0 Å². The van der Waals surface area contributed by atoms with E-state index in [1.165, 1.54) is 0 Å². The molecule has 0 radical (unpaired) electrons. The zero-order chi connectivity index (χ0) is 7.02. The molecule has 0 unspecified atom stereocenters. The Morgan fingerprint density at radius 3 is 1.00 bits per heavy atom. The molecule has 0 amide bonds. The Balaban J connectivity index is 4.92. The number of hydrogen-bond acceptors (Lipinski definition) is 0. The summed E-state index contributed by atoms with van der Waals surface area (Å²) in [4.78, 5) is 1.59. The molecule has 0 aromatic carbocycles. The lowest BCUT2D eigenvalue weighted by molar-refractivity contribution is 1.81. The molecule has 8 heavy (non-hydrogen) atoms. The second-order valence-corrected chi connectivity index (χ2v) is 11.5. The van der Waals surface area contributed by atoms with E-state index in [2.05, 4.69) is 38.9 Å². The average Bonchev–Trinajstić information content (AvgIpc) is 1.27. The average molecular weight is 134 g/mol. The summed E-state index contributed by atoms with van der Waals surface area (Å²) in [7, 11) is -1.05. The Morgan fingerprint density at radius 2 is 1.00 bits per heavy atom. The molecular formula is C7H18S. The summed E-state index contributed by atoms with van der Waals surface area (Å²) in [5, 5.41) is 0. The van der Waals surface area contributed by atoms with E-state index in [4.69, 9.17) is 0 Å². The van der Waals surface area contributed by atoms with E-state index < -0.39 is 8.75 Å². The van der Waals surface area contributed by atoms with Gasteiger partial charge < -0.3 is 0 Å². The van der Waals surface area contributed by atoms with Crippen LogP contribution in [0.5, 0.6) is 0 Å². The Hall–Kier alpha value is 0.220. The van der Waals surface area contributed by atoms with E-state index in [1.54, 1.807) is 4.86 Å². The van der Waals surface area contributed by atoms with Gasteiger partial charge in [-0.2, -0.15) is 0 Å². The molecule has 0 aromatic rings. The Labute approximate surface area is 53.2 Å². The highest BCUT2D eigenvalue weighted by Gasteiger charge is 2.07. The fourth-order valence-corrected chi connectivity index (χ4v) is 0. The van der Waals surface area contributed by atoms with Gasteiger partial charge in [0.2, 0.25) is 0 Å². The van der Waals surface area contributed by atoms with E-state index in [-0.39, 0.29) is 0 Å². The lowest BCUT2D eigenvalue weighted by atomic mass is 10.6. The first-order chi connectivity index (χ1) is 3.20. The summed E-state index contributed by atoms with van der Waals surface area (Å²) in [6, 6.07) is 0. The maximum Gasteiger partial charge on any atom is -0.0382 e. The molecule has 0 aliphatic rings. The van der Waals surface area contributed by atoms with Crippen LogP contribution in [0.1, 0.15) is 13.8 Å². The largest absolute Gasteiger partial charge is 0.256 e. The first-order valence-corrected chi connectivity index (χ1v) is 6.51. The van der Waals surface area contributed by atoms with Gasteiger partial charge in [-0.05, 0) is 38.9 Å². The molecule has 0 bridgehead atoms. The third-order valence-corrected chi connectivity index (χ3v) is 4.90. The number of rotatable bonds is 0. The molecule has 0 aliphatic carbocycles. The first-order valence-electron chi connectivity index (χ1n) is 2.84. The van der Waals surface area contributed by atoms with E-state index in [0.29, 0.717) is 0 Å². The monoisotopic (exact) mass is 134 g/mol. The van der Waals surface area contributed by atoms with Crippen molar-refractivity contribution in [2.75, 3.05) is 25.0 Å². The van der Waals surface area contributed by atoms with Crippen molar-refractivity contribution in [2.24, 2.45) is 0 Å². The van der Waals surface area contributed by atoms with Crippen LogP contribution in [0, 0.1) is 0 Å². The predicted octanol–water partition coefficient (Wildman–Crippen LogP) is 2.06. The Kier molecular flexibility index (Phi) is 1.64. The van der Waals surface area contributed by atoms with Crippen molar-refractivity contribution in [1.29, 1.82) is 0 Å². The van der Waals surface area contributed by atoms with Crippen LogP contribution in [0.15, 0.2) is 0 Å². The van der Waals surface area contributed by atoms with Gasteiger partial charge >= 0.3 is 0 Å². The minimum atomic E-state index is -1.05. The Bertz CT molecular complexity index is 130. The highest BCUT2D eigenvalue weighted by atomic mass is 32.3. The van der Waals surface area contributed by atoms with Crippen LogP contribution >= 0.6 is 8.75 Å². The molecule has 0 fully saturated rings. The zero-order valence-electron chi connectivity index (χ0n) is 6.91. The molecule has 0 rings (SSSR count). The quantitative estimate of drug-likeness (QED) is 0.445. The summed E-state index contributed by atoms with van der Waals surface area (Å²) in [6.45, 7) is 4.45. The van der Waals surface area contributed by atoms with Crippen molar-refractivity contribution >= 4 is 13.6 Å². The topological polar surface area (TPSA) is 0 Å². The third-order valence-electron chi connectivity index (χ3n) is 1.63. The summed E-state index contributed by atoms with van der Waals surface area (Å²) in [5.41, 5.74) is 0. The van der Waals surface area contributed by atoms with Crippen LogP contribution in [0.25, 0.3) is 0 Å². The fraction of sp³-hybridized carbons (Fsp3) is 0.857. The van der Waals surface area contributed by atoms with Crippen LogP contribution < -0.4 is 0 Å². The van der Waals surface area contributed by atoms with Gasteiger partial charge in [0.05, 0.1) is 0 Å². The van der Waals surface area contributed by atoms with Gasteiger partial charge in [-0.25, -0.2) is 0 Å². The van der Waals surface area contributed by atoms with Gasteiger partial charge in [0.15, 0.2) is 0 Å². The molecule has 0 N–H and O–H groups in total. The van der Waals surface area contributed by atoms with Crippen LogP contribution in [0.3, 0.4) is 0 Å². The van der Waals surface area contributed by atoms with Crippen molar-refractivity contribution in [2.45, 2.75) is 13.8 Å². The van der Waals surface area contributed by atoms with Gasteiger partial charge in [-0.3, -0.25) is 8.75 Å². The van der Waals surface area contributed by atoms with Crippen molar-refractivity contribution in [3.8, 4) is 0 Å². The molecule has 1 heteroatoms. The maximum absolute atomic E-state index is 2.35. The highest BCUT2D eigenvalue weighted by Crippen LogP contribution is 2.44. The van der Waals surface area contributed by atoms with Gasteiger partial charge in [-0.15, -0.1) is 0 Å². The van der Waals surface area contributed by atoms with Gasteiger partial charge in [0.1, 0.15) is 0 Å². The van der Waals surface area contributed by atoms with Crippen LogP contribution in [-0.2, 0) is 0 Å². The second kappa shape index (κ2) is 1.60. The van der Waals surface area contributed by atoms with Crippen molar-refractivity contribution < 1.29 is 0 Å². The first kappa shape index (κ1) is 8.22. The van der Waals surface area contributed by atoms with Gasteiger partial charge in [-0.1, -0.05) is 4.86 Å². The highest BCUT2D eigenvalue weighted by molar-refractivity contribution is 8.45. The molecule has 0 spiro atoms. The molecule has 0 atom stereocenters. The maximum atomic E-state index is 2.35. The van der Waals surface area contributed by atoms with E-state index in [0.717, 1.165) is 0 Å². The molecule has 52 valence electrons. The second-order valence-electron chi connectivity index (χ2n) is 4.17. The standard InChI is InChI=1S/C7H18S/c1-7(2)8(3,4,5)6/h1-6H3. The summed E-state index contributed by atoms with van der Waals surface area (Å²) in [6.07, 6.45) is 9.41. The minimum absolute atomic E-state index is 1.05. The molecule has 0 heterocycles. The summed E-state index contributed by atoms with van der Waals surface area (Å²) in [5.74, 6) is 0. The fourth-order valence-electron chi connectivity index (χ4n) is 0. The van der Waals surface area contributed by atoms with E-state index in [1.807, 2.05) is 0 Å². The van der Waals surface area contributed by atoms with Crippen LogP contribution in [-0.4, -0.2) is 29.9 Å². The SMILES string of the molecule is CC(C)=S(C)(C)(C)C. The van der Waals surface area contributed by atoms with Crippen molar-refractivity contribution in [1.82, 2.24) is 0 Å². The smallest absolute Gasteiger partial charge is 0.0382 e. The molecule has 0 saturated heterocycles. The van der Waals surface area contributed by atoms with Crippen LogP contribution in [0.2, 0.25) is 0 Å². The predicted molar refractivity (Wildman–Crippen MR) is 47.6 cm³/mol. The molecule has 0 aliphatic heterocycles. The van der Waals surface area contributed by atoms with Crippen molar-refractivity contribution in [3.05, 3.63) is 0 Å². The zero-order valence-corrected chi connectivity index (χ0v) is 7.72. The normalized spacial score (nSPS) is 17.0. The lowest BCUT2D eigenvalue weighted by Crippen LogP contribution is -2.06. The van der Waals surface area contributed by atoms with Gasteiger partial charge in [0, 0.05) is 0 Å². The molecule has 0 nitrogen and oxygen atoms in total. The molecule has 0 saturated carbocycles. The van der Waals surface area contributed by atoms with E-state index in [9.17, 15) is 0 Å². The Morgan fingerprint density at radius 1 is 0.875 bits per heavy atom. The van der Waals surface area contributed by atoms with Gasteiger partial charge in [0.25, 0.3) is 0 Å². The van der Waals surface area contributed by atoms with Crippen LogP contribution in [0.4, 0.5) is 0 Å². The summed E-state index contributed by atoms with van der Waals surface area (Å²) < 4.78 is 0. The van der Waals surface area contributed by atoms with Crippen molar-refractivity contribution in [3.63, 3.8) is 0 Å². The third kappa shape index (κ3) is 2.51. The lowest BCUT2D eigenvalue weighted by Gasteiger charge is -2.34. The molecule has 0 aromatic heterocycles. The molecular weight excluding hydrogens is 116 g/mol. The summed E-state index contributed by atoms with van der Waals surface area (Å²) >= 11 is 0. The number of hydrogen-bond donors (Lipinski definition) is 0. The minimum Gasteiger partial charge on any atom is -0.256 e.